The van der Waals surface area contributed by atoms with E-state index in [1.165, 1.54) is 31.4 Å². The molecule has 1 aromatic heterocycles. The van der Waals surface area contributed by atoms with Crippen LogP contribution in [-0.4, -0.2) is 46.8 Å². The number of carbonyl (C=O) groups excluding carboxylic acids is 2. The Morgan fingerprint density at radius 1 is 1.16 bits per heavy atom. The van der Waals surface area contributed by atoms with Gasteiger partial charge in [-0.15, -0.1) is 0 Å². The van der Waals surface area contributed by atoms with Crippen molar-refractivity contribution in [3.05, 3.63) is 92.5 Å². The highest BCUT2D eigenvalue weighted by atomic mass is 35.5. The molecule has 0 unspecified atom stereocenters. The second-order valence-corrected chi connectivity index (χ2v) is 9.03. The zero-order valence-electron chi connectivity index (χ0n) is 19.9. The smallest absolute Gasteiger partial charge is 0.310 e. The van der Waals surface area contributed by atoms with Crippen LogP contribution >= 0.6 is 11.6 Å². The lowest BCUT2D eigenvalue weighted by Crippen LogP contribution is -2.38. The first kappa shape index (κ1) is 26.0. The summed E-state index contributed by atoms with van der Waals surface area (Å²) in [6, 6.07) is 14.4. The fourth-order valence-corrected chi connectivity index (χ4v) is 4.49. The van der Waals surface area contributed by atoms with Crippen LogP contribution in [0.2, 0.25) is 5.15 Å². The van der Waals surface area contributed by atoms with E-state index >= 15 is 0 Å². The summed E-state index contributed by atoms with van der Waals surface area (Å²) in [5, 5.41) is 13.7. The fraction of sp³-hybridized carbons (Fsp3) is 0.269. The van der Waals surface area contributed by atoms with Gasteiger partial charge in [0.2, 0.25) is 11.9 Å². The van der Waals surface area contributed by atoms with Crippen molar-refractivity contribution in [1.29, 1.82) is 0 Å². The van der Waals surface area contributed by atoms with E-state index in [0.29, 0.717) is 24.3 Å². The third-order valence-electron chi connectivity index (χ3n) is 6.34. The van der Waals surface area contributed by atoms with Crippen molar-refractivity contribution in [1.82, 2.24) is 9.88 Å². The largest absolute Gasteiger partial charge is 0.490 e. The number of likely N-dealkylation sites (tertiary alicyclic amines) is 1. The minimum atomic E-state index is -0.935. The van der Waals surface area contributed by atoms with Crippen LogP contribution in [0.25, 0.3) is 0 Å². The molecule has 1 fully saturated rings. The number of anilines is 1. The molecule has 1 aliphatic rings. The number of halogens is 2. The second kappa shape index (κ2) is 11.3. The highest BCUT2D eigenvalue weighted by Gasteiger charge is 2.25. The number of carbonyl (C=O) groups is 2. The Kier molecular flexibility index (Phi) is 7.98. The van der Waals surface area contributed by atoms with E-state index in [4.69, 9.17) is 16.3 Å². The zero-order valence-corrected chi connectivity index (χ0v) is 20.7. The van der Waals surface area contributed by atoms with E-state index in [2.05, 4.69) is 10.3 Å². The Morgan fingerprint density at radius 3 is 2.49 bits per heavy atom. The molecule has 9 nitrogen and oxygen atoms in total. The number of rotatable bonds is 7. The first-order valence-electron chi connectivity index (χ1n) is 11.6. The van der Waals surface area contributed by atoms with Crippen molar-refractivity contribution in [2.45, 2.75) is 25.2 Å². The number of nitrogens with zero attached hydrogens (tertiary/aromatic N) is 3. The normalized spacial score (nSPS) is 13.8. The van der Waals surface area contributed by atoms with E-state index < -0.39 is 16.8 Å². The van der Waals surface area contributed by atoms with Gasteiger partial charge in [0.25, 0.3) is 5.91 Å². The molecule has 0 bridgehead atoms. The van der Waals surface area contributed by atoms with Gasteiger partial charge in [-0.2, -0.15) is 4.39 Å². The molecule has 0 spiro atoms. The summed E-state index contributed by atoms with van der Waals surface area (Å²) in [7, 11) is 1.36. The number of hydrogen-bond donors (Lipinski definition) is 1. The molecule has 37 heavy (non-hydrogen) atoms. The van der Waals surface area contributed by atoms with E-state index in [0.717, 1.165) is 18.4 Å². The van der Waals surface area contributed by atoms with Crippen molar-refractivity contribution in [2.24, 2.45) is 0 Å². The van der Waals surface area contributed by atoms with Gasteiger partial charge in [-0.1, -0.05) is 29.8 Å². The Hall–Kier alpha value is -4.05. The number of nitrogens with one attached hydrogen (secondary N) is 1. The predicted octanol–water partition coefficient (Wildman–Crippen LogP) is 4.99. The highest BCUT2D eigenvalue weighted by Crippen LogP contribution is 2.31. The van der Waals surface area contributed by atoms with E-state index in [9.17, 15) is 24.1 Å². The summed E-state index contributed by atoms with van der Waals surface area (Å²) in [4.78, 5) is 40.9. The summed E-state index contributed by atoms with van der Waals surface area (Å²) in [5.74, 6) is -1.21. The SMILES string of the molecule is COc1cc(CC(=O)N2CCC(c3ccc(NC(=O)c4ccc(Cl)nc4F)cc3)CC2)ccc1[N+](=O)[O-]. The second-order valence-electron chi connectivity index (χ2n) is 8.64. The van der Waals surface area contributed by atoms with Crippen LogP contribution in [0.15, 0.2) is 54.6 Å². The fourth-order valence-electron chi connectivity index (χ4n) is 4.35. The van der Waals surface area contributed by atoms with Crippen molar-refractivity contribution in [3.63, 3.8) is 0 Å². The Balaban J connectivity index is 1.31. The van der Waals surface area contributed by atoms with Crippen LogP contribution < -0.4 is 10.1 Å². The Bertz CT molecular complexity index is 1330. The molecule has 192 valence electrons. The molecule has 0 saturated carbocycles. The molecule has 2 aromatic carbocycles. The van der Waals surface area contributed by atoms with Crippen molar-refractivity contribution in [3.8, 4) is 5.75 Å². The third kappa shape index (κ3) is 6.21. The van der Waals surface area contributed by atoms with Crippen LogP contribution in [0, 0.1) is 16.1 Å². The summed E-state index contributed by atoms with van der Waals surface area (Å²) in [5.41, 5.74) is 1.93. The highest BCUT2D eigenvalue weighted by molar-refractivity contribution is 6.29. The van der Waals surface area contributed by atoms with Crippen LogP contribution in [0.5, 0.6) is 5.75 Å². The van der Waals surface area contributed by atoms with Crippen molar-refractivity contribution >= 4 is 34.8 Å². The van der Waals surface area contributed by atoms with Gasteiger partial charge in [0, 0.05) is 24.8 Å². The number of piperidine rings is 1. The van der Waals surface area contributed by atoms with E-state index in [-0.39, 0.29) is 40.4 Å². The third-order valence-corrected chi connectivity index (χ3v) is 6.55. The maximum atomic E-state index is 13.9. The van der Waals surface area contributed by atoms with Gasteiger partial charge < -0.3 is 15.0 Å². The minimum Gasteiger partial charge on any atom is -0.490 e. The Labute approximate surface area is 217 Å². The molecule has 1 aliphatic heterocycles. The topological polar surface area (TPSA) is 115 Å². The molecule has 3 aromatic rings. The molecule has 0 atom stereocenters. The summed E-state index contributed by atoms with van der Waals surface area (Å²) in [6.45, 7) is 1.18. The summed E-state index contributed by atoms with van der Waals surface area (Å²) < 4.78 is 19.0. The van der Waals surface area contributed by atoms with Crippen LogP contribution in [-0.2, 0) is 11.2 Å². The molecule has 11 heteroatoms. The van der Waals surface area contributed by atoms with E-state index in [1.807, 2.05) is 12.1 Å². The summed E-state index contributed by atoms with van der Waals surface area (Å²) >= 11 is 5.63. The van der Waals surface area contributed by atoms with Crippen LogP contribution in [0.1, 0.15) is 40.2 Å². The van der Waals surface area contributed by atoms with Gasteiger partial charge in [0.1, 0.15) is 5.15 Å². The number of methoxy groups -OCH3 is 1. The number of hydrogen-bond acceptors (Lipinski definition) is 6. The van der Waals surface area contributed by atoms with Gasteiger partial charge in [-0.05, 0) is 60.2 Å². The van der Waals surface area contributed by atoms with Gasteiger partial charge >= 0.3 is 5.69 Å². The maximum absolute atomic E-state index is 13.9. The number of benzene rings is 2. The monoisotopic (exact) mass is 526 g/mol. The van der Waals surface area contributed by atoms with E-state index in [1.54, 1.807) is 23.1 Å². The van der Waals surface area contributed by atoms with Crippen LogP contribution in [0.4, 0.5) is 15.8 Å². The number of nitro groups is 1. The molecule has 0 aliphatic carbocycles. The molecule has 1 N–H and O–H groups in total. The Morgan fingerprint density at radius 2 is 1.86 bits per heavy atom. The first-order chi connectivity index (χ1) is 17.7. The zero-order chi connectivity index (χ0) is 26.5. The number of pyridine rings is 1. The number of amides is 2. The van der Waals surface area contributed by atoms with Gasteiger partial charge in [0.15, 0.2) is 5.75 Å². The van der Waals surface area contributed by atoms with Gasteiger partial charge in [-0.3, -0.25) is 19.7 Å². The molecule has 2 heterocycles. The maximum Gasteiger partial charge on any atom is 0.310 e. The lowest BCUT2D eigenvalue weighted by molar-refractivity contribution is -0.385. The molecular formula is C26H24ClFN4O5. The standard InChI is InChI=1S/C26H24ClFN4O5/c1-37-22-14-16(2-8-21(22)32(35)36)15-24(33)31-12-10-18(11-13-31)17-3-5-19(6-4-17)29-26(34)20-7-9-23(27)30-25(20)28/h2-9,14,18H,10-13,15H2,1H3,(H,29,34). The van der Waals surface area contributed by atoms with Crippen molar-refractivity contribution < 1.29 is 23.6 Å². The van der Waals surface area contributed by atoms with Crippen LogP contribution in [0.3, 0.4) is 0 Å². The lowest BCUT2D eigenvalue weighted by atomic mass is 9.89. The molecule has 4 rings (SSSR count). The predicted molar refractivity (Wildman–Crippen MR) is 136 cm³/mol. The molecule has 1 saturated heterocycles. The molecule has 2 amide bonds. The minimum absolute atomic E-state index is 0.0299. The first-order valence-corrected chi connectivity index (χ1v) is 12.0. The number of ether oxygens (including phenoxy) is 1. The quantitative estimate of drug-likeness (QED) is 0.263. The summed E-state index contributed by atoms with van der Waals surface area (Å²) in [6.07, 6.45) is 1.70. The van der Waals surface area contributed by atoms with Gasteiger partial charge in [-0.25, -0.2) is 4.98 Å². The molecule has 0 radical (unpaired) electrons. The average Bonchev–Trinajstić information content (AvgIpc) is 2.89. The average molecular weight is 527 g/mol. The number of nitro benzene ring substituents is 1. The van der Waals surface area contributed by atoms with Crippen molar-refractivity contribution in [2.75, 3.05) is 25.5 Å². The van der Waals surface area contributed by atoms with Gasteiger partial charge in [0.05, 0.1) is 24.0 Å². The molecular weight excluding hydrogens is 503 g/mol. The number of aromatic nitrogens is 1. The lowest BCUT2D eigenvalue weighted by Gasteiger charge is -2.32.